The molecule has 2 saturated carbocycles. The van der Waals surface area contributed by atoms with Gasteiger partial charge in [0.05, 0.1) is 12.2 Å². The molecule has 0 aliphatic heterocycles. The van der Waals surface area contributed by atoms with Crippen LogP contribution in [0.4, 0.5) is 0 Å². The van der Waals surface area contributed by atoms with E-state index in [0.717, 1.165) is 12.5 Å². The maximum absolute atomic E-state index is 6.30. The standard InChI is InChI=1S/C13H23IO/c14-11-13(8-4-1-5-9-13)15-10-12-6-2-3-7-12/h12H,1-11H2. The van der Waals surface area contributed by atoms with E-state index in [2.05, 4.69) is 22.6 Å². The molecule has 0 aromatic rings. The normalized spacial score (nSPS) is 27.0. The monoisotopic (exact) mass is 322 g/mol. The zero-order valence-corrected chi connectivity index (χ0v) is 11.8. The Labute approximate surface area is 107 Å². The van der Waals surface area contributed by atoms with E-state index < -0.39 is 0 Å². The molecule has 2 aliphatic carbocycles. The minimum absolute atomic E-state index is 0.265. The van der Waals surface area contributed by atoms with Crippen LogP contribution in [0.15, 0.2) is 0 Å². The van der Waals surface area contributed by atoms with Crippen LogP contribution in [0.2, 0.25) is 0 Å². The summed E-state index contributed by atoms with van der Waals surface area (Å²) in [5.74, 6) is 0.881. The minimum atomic E-state index is 0.265. The van der Waals surface area contributed by atoms with E-state index >= 15 is 0 Å². The summed E-state index contributed by atoms with van der Waals surface area (Å²) in [6.07, 6.45) is 12.5. The zero-order chi connectivity index (χ0) is 10.6. The highest BCUT2D eigenvalue weighted by atomic mass is 127. The fraction of sp³-hybridized carbons (Fsp3) is 1.00. The predicted octanol–water partition coefficient (Wildman–Crippen LogP) is 4.33. The van der Waals surface area contributed by atoms with Crippen LogP contribution in [0.3, 0.4) is 0 Å². The van der Waals surface area contributed by atoms with Crippen molar-refractivity contribution in [3.63, 3.8) is 0 Å². The number of halogens is 1. The molecule has 0 atom stereocenters. The van der Waals surface area contributed by atoms with Gasteiger partial charge in [-0.15, -0.1) is 0 Å². The summed E-state index contributed by atoms with van der Waals surface area (Å²) in [7, 11) is 0. The topological polar surface area (TPSA) is 9.23 Å². The van der Waals surface area contributed by atoms with E-state index in [1.165, 1.54) is 62.2 Å². The lowest BCUT2D eigenvalue weighted by molar-refractivity contribution is -0.0639. The molecule has 15 heavy (non-hydrogen) atoms. The molecule has 0 aromatic heterocycles. The van der Waals surface area contributed by atoms with Gasteiger partial charge in [0.2, 0.25) is 0 Å². The summed E-state index contributed by atoms with van der Waals surface area (Å²) in [5.41, 5.74) is 0.265. The van der Waals surface area contributed by atoms with Crippen LogP contribution in [0.1, 0.15) is 57.8 Å². The van der Waals surface area contributed by atoms with E-state index in [4.69, 9.17) is 4.74 Å². The number of alkyl halides is 1. The fourth-order valence-corrected chi connectivity index (χ4v) is 3.97. The van der Waals surface area contributed by atoms with Gasteiger partial charge in [0, 0.05) is 4.43 Å². The van der Waals surface area contributed by atoms with Gasteiger partial charge in [-0.3, -0.25) is 0 Å². The molecule has 0 bridgehead atoms. The smallest absolute Gasteiger partial charge is 0.0771 e. The second kappa shape index (κ2) is 5.85. The second-order valence-corrected chi connectivity index (χ2v) is 6.10. The quantitative estimate of drug-likeness (QED) is 0.553. The van der Waals surface area contributed by atoms with E-state index in [0.29, 0.717) is 0 Å². The lowest BCUT2D eigenvalue weighted by Crippen LogP contribution is -2.38. The van der Waals surface area contributed by atoms with Crippen molar-refractivity contribution in [2.75, 3.05) is 11.0 Å². The number of ether oxygens (including phenoxy) is 1. The van der Waals surface area contributed by atoms with Crippen LogP contribution in [0.5, 0.6) is 0 Å². The Kier molecular flexibility index (Phi) is 4.74. The third kappa shape index (κ3) is 3.32. The Morgan fingerprint density at radius 1 is 1.00 bits per heavy atom. The Hall–Kier alpha value is 0.690. The first kappa shape index (κ1) is 12.2. The van der Waals surface area contributed by atoms with Gasteiger partial charge in [0.25, 0.3) is 0 Å². The summed E-state index contributed by atoms with van der Waals surface area (Å²) >= 11 is 2.52. The maximum atomic E-state index is 6.30. The molecule has 1 nitrogen and oxygen atoms in total. The van der Waals surface area contributed by atoms with Gasteiger partial charge in [-0.2, -0.15) is 0 Å². The summed E-state index contributed by atoms with van der Waals surface area (Å²) in [4.78, 5) is 0. The maximum Gasteiger partial charge on any atom is 0.0771 e. The highest BCUT2D eigenvalue weighted by Crippen LogP contribution is 2.35. The number of hydrogen-bond acceptors (Lipinski definition) is 1. The predicted molar refractivity (Wildman–Crippen MR) is 72.6 cm³/mol. The molecule has 0 amide bonds. The number of hydrogen-bond donors (Lipinski definition) is 0. The van der Waals surface area contributed by atoms with Crippen molar-refractivity contribution in [2.45, 2.75) is 63.4 Å². The Bertz CT molecular complexity index is 181. The van der Waals surface area contributed by atoms with Gasteiger partial charge < -0.3 is 4.74 Å². The summed E-state index contributed by atoms with van der Waals surface area (Å²) in [6.45, 7) is 1.04. The molecular weight excluding hydrogens is 299 g/mol. The molecule has 2 rings (SSSR count). The average Bonchev–Trinajstić information content (AvgIpc) is 2.81. The van der Waals surface area contributed by atoms with Gasteiger partial charge in [-0.1, -0.05) is 54.7 Å². The summed E-state index contributed by atoms with van der Waals surface area (Å²) in [6, 6.07) is 0. The first-order valence-electron chi connectivity index (χ1n) is 6.55. The zero-order valence-electron chi connectivity index (χ0n) is 9.64. The average molecular weight is 322 g/mol. The van der Waals surface area contributed by atoms with Crippen molar-refractivity contribution in [2.24, 2.45) is 5.92 Å². The minimum Gasteiger partial charge on any atom is -0.374 e. The first-order valence-corrected chi connectivity index (χ1v) is 8.07. The Morgan fingerprint density at radius 3 is 2.27 bits per heavy atom. The molecule has 88 valence electrons. The van der Waals surface area contributed by atoms with Gasteiger partial charge in [-0.25, -0.2) is 0 Å². The molecule has 0 N–H and O–H groups in total. The molecule has 0 radical (unpaired) electrons. The lowest BCUT2D eigenvalue weighted by Gasteiger charge is -2.36. The third-order valence-electron chi connectivity index (χ3n) is 4.11. The highest BCUT2D eigenvalue weighted by molar-refractivity contribution is 14.1. The fourth-order valence-electron chi connectivity index (χ4n) is 2.98. The van der Waals surface area contributed by atoms with Crippen LogP contribution >= 0.6 is 22.6 Å². The molecule has 0 spiro atoms. The van der Waals surface area contributed by atoms with Gasteiger partial charge in [0.1, 0.15) is 0 Å². The van der Waals surface area contributed by atoms with E-state index in [1.807, 2.05) is 0 Å². The van der Waals surface area contributed by atoms with Crippen molar-refractivity contribution in [1.82, 2.24) is 0 Å². The summed E-state index contributed by atoms with van der Waals surface area (Å²) < 4.78 is 7.49. The van der Waals surface area contributed by atoms with Crippen LogP contribution in [-0.2, 0) is 4.74 Å². The molecular formula is C13H23IO. The highest BCUT2D eigenvalue weighted by Gasteiger charge is 2.32. The lowest BCUT2D eigenvalue weighted by atomic mass is 9.86. The number of rotatable bonds is 4. The van der Waals surface area contributed by atoms with Gasteiger partial charge in [-0.05, 0) is 31.6 Å². The SMILES string of the molecule is ICC1(OCC2CCCC2)CCCCC1. The first-order chi connectivity index (χ1) is 7.35. The van der Waals surface area contributed by atoms with Crippen molar-refractivity contribution < 1.29 is 4.74 Å². The largest absolute Gasteiger partial charge is 0.374 e. The Balaban J connectivity index is 1.78. The van der Waals surface area contributed by atoms with Crippen LogP contribution in [-0.4, -0.2) is 16.6 Å². The van der Waals surface area contributed by atoms with E-state index in [1.54, 1.807) is 0 Å². The summed E-state index contributed by atoms with van der Waals surface area (Å²) in [5, 5.41) is 0. The van der Waals surface area contributed by atoms with E-state index in [9.17, 15) is 0 Å². The van der Waals surface area contributed by atoms with Crippen LogP contribution < -0.4 is 0 Å². The van der Waals surface area contributed by atoms with Gasteiger partial charge in [0.15, 0.2) is 0 Å². The molecule has 0 aromatic carbocycles. The Morgan fingerprint density at radius 2 is 1.67 bits per heavy atom. The van der Waals surface area contributed by atoms with Crippen molar-refractivity contribution in [3.8, 4) is 0 Å². The van der Waals surface area contributed by atoms with Crippen LogP contribution in [0, 0.1) is 5.92 Å². The van der Waals surface area contributed by atoms with Crippen molar-refractivity contribution in [1.29, 1.82) is 0 Å². The van der Waals surface area contributed by atoms with E-state index in [-0.39, 0.29) is 5.60 Å². The third-order valence-corrected chi connectivity index (χ3v) is 5.50. The van der Waals surface area contributed by atoms with Gasteiger partial charge >= 0.3 is 0 Å². The van der Waals surface area contributed by atoms with Crippen molar-refractivity contribution in [3.05, 3.63) is 0 Å². The second-order valence-electron chi connectivity index (χ2n) is 5.34. The van der Waals surface area contributed by atoms with Crippen LogP contribution in [0.25, 0.3) is 0 Å². The van der Waals surface area contributed by atoms with Crippen molar-refractivity contribution >= 4 is 22.6 Å². The molecule has 2 heteroatoms. The molecule has 0 saturated heterocycles. The molecule has 2 aliphatic rings. The molecule has 2 fully saturated rings. The molecule has 0 heterocycles. The molecule has 0 unspecified atom stereocenters.